The van der Waals surface area contributed by atoms with Gasteiger partial charge < -0.3 is 5.32 Å². The van der Waals surface area contributed by atoms with Crippen LogP contribution in [0.4, 0.5) is 0 Å². The van der Waals surface area contributed by atoms with Gasteiger partial charge in [-0.2, -0.15) is 5.10 Å². The van der Waals surface area contributed by atoms with Crippen LogP contribution in [0, 0.1) is 13.8 Å². The minimum atomic E-state index is -2.88. The molecule has 1 atom stereocenters. The maximum atomic E-state index is 11.2. The summed E-state index contributed by atoms with van der Waals surface area (Å²) in [7, 11) is -0.945. The molecule has 0 amide bonds. The maximum Gasteiger partial charge on any atom is 0.147 e. The largest absolute Gasteiger partial charge is 0.310 e. The molecule has 1 rings (SSSR count). The zero-order chi connectivity index (χ0) is 14.6. The van der Waals surface area contributed by atoms with Gasteiger partial charge in [-0.25, -0.2) is 8.42 Å². The lowest BCUT2D eigenvalue weighted by atomic mass is 10.0. The molecule has 1 aromatic heterocycles. The van der Waals surface area contributed by atoms with Crippen LogP contribution in [-0.4, -0.2) is 36.8 Å². The molecule has 1 unspecified atom stereocenters. The van der Waals surface area contributed by atoms with E-state index in [1.165, 1.54) is 11.8 Å². The zero-order valence-electron chi connectivity index (χ0n) is 12.5. The smallest absolute Gasteiger partial charge is 0.147 e. The van der Waals surface area contributed by atoms with E-state index in [1.54, 1.807) is 0 Å². The van der Waals surface area contributed by atoms with Crippen molar-refractivity contribution in [1.82, 2.24) is 15.1 Å². The summed E-state index contributed by atoms with van der Waals surface area (Å²) in [5, 5.41) is 7.86. The molecule has 0 fully saturated rings. The molecule has 110 valence electrons. The normalized spacial score (nSPS) is 13.7. The Morgan fingerprint density at radius 2 is 2.00 bits per heavy atom. The molecule has 5 nitrogen and oxygen atoms in total. The highest BCUT2D eigenvalue weighted by Gasteiger charge is 2.19. The van der Waals surface area contributed by atoms with E-state index in [4.69, 9.17) is 0 Å². The van der Waals surface area contributed by atoms with E-state index in [-0.39, 0.29) is 11.8 Å². The topological polar surface area (TPSA) is 64.0 Å². The molecular formula is C13H25N3O2S. The lowest BCUT2D eigenvalue weighted by Gasteiger charge is -2.18. The second-order valence-corrected chi connectivity index (χ2v) is 7.35. The Morgan fingerprint density at radius 1 is 1.37 bits per heavy atom. The maximum absolute atomic E-state index is 11.2. The van der Waals surface area contributed by atoms with Gasteiger partial charge in [-0.15, -0.1) is 0 Å². The van der Waals surface area contributed by atoms with Crippen molar-refractivity contribution in [3.05, 3.63) is 17.0 Å². The lowest BCUT2D eigenvalue weighted by Crippen LogP contribution is -2.23. The molecule has 0 aliphatic carbocycles. The third-order valence-corrected chi connectivity index (χ3v) is 4.40. The van der Waals surface area contributed by atoms with Gasteiger partial charge in [0.2, 0.25) is 0 Å². The Morgan fingerprint density at radius 3 is 2.42 bits per heavy atom. The minimum Gasteiger partial charge on any atom is -0.310 e. The van der Waals surface area contributed by atoms with Gasteiger partial charge in [0.1, 0.15) is 9.84 Å². The number of sulfone groups is 1. The molecule has 0 aromatic carbocycles. The van der Waals surface area contributed by atoms with Crippen LogP contribution in [0.5, 0.6) is 0 Å². The minimum absolute atomic E-state index is 0.181. The van der Waals surface area contributed by atoms with Crippen molar-refractivity contribution >= 4 is 9.84 Å². The summed E-state index contributed by atoms with van der Waals surface area (Å²) in [6.07, 6.45) is 2.77. The van der Waals surface area contributed by atoms with E-state index < -0.39 is 9.84 Å². The fourth-order valence-electron chi connectivity index (χ4n) is 2.44. The molecule has 1 aromatic rings. The first-order chi connectivity index (χ1) is 8.76. The molecule has 1 heterocycles. The second-order valence-electron chi connectivity index (χ2n) is 5.09. The number of hydrogen-bond donors (Lipinski definition) is 1. The van der Waals surface area contributed by atoms with Crippen LogP contribution < -0.4 is 5.32 Å². The Kier molecular flexibility index (Phi) is 5.55. The Bertz CT molecular complexity index is 520. The first-order valence-corrected chi connectivity index (χ1v) is 8.73. The van der Waals surface area contributed by atoms with Crippen molar-refractivity contribution in [2.24, 2.45) is 7.05 Å². The number of nitrogens with one attached hydrogen (secondary N) is 1. The summed E-state index contributed by atoms with van der Waals surface area (Å²) >= 11 is 0. The Balaban J connectivity index is 2.82. The number of nitrogens with zero attached hydrogens (tertiary/aromatic N) is 2. The molecule has 0 saturated heterocycles. The van der Waals surface area contributed by atoms with Crippen molar-refractivity contribution in [3.63, 3.8) is 0 Å². The van der Waals surface area contributed by atoms with Crippen molar-refractivity contribution in [1.29, 1.82) is 0 Å². The SMILES string of the molecule is CCNC(CCCS(C)(=O)=O)c1c(C)nn(C)c1C. The Hall–Kier alpha value is -0.880. The van der Waals surface area contributed by atoms with Crippen LogP contribution in [0.15, 0.2) is 0 Å². The van der Waals surface area contributed by atoms with Gasteiger partial charge in [-0.05, 0) is 33.2 Å². The van der Waals surface area contributed by atoms with Gasteiger partial charge in [-0.3, -0.25) is 4.68 Å². The highest BCUT2D eigenvalue weighted by Crippen LogP contribution is 2.25. The summed E-state index contributed by atoms with van der Waals surface area (Å²) in [5.41, 5.74) is 3.37. The number of rotatable bonds is 7. The molecule has 0 aliphatic rings. The third-order valence-electron chi connectivity index (χ3n) is 3.37. The van der Waals surface area contributed by atoms with Crippen molar-refractivity contribution in [2.75, 3.05) is 18.6 Å². The number of hydrogen-bond acceptors (Lipinski definition) is 4. The number of aryl methyl sites for hydroxylation is 2. The van der Waals surface area contributed by atoms with Crippen LogP contribution in [0.3, 0.4) is 0 Å². The molecule has 1 N–H and O–H groups in total. The molecule has 19 heavy (non-hydrogen) atoms. The van der Waals surface area contributed by atoms with Crippen LogP contribution in [-0.2, 0) is 16.9 Å². The highest BCUT2D eigenvalue weighted by molar-refractivity contribution is 7.90. The zero-order valence-corrected chi connectivity index (χ0v) is 13.3. The van der Waals surface area contributed by atoms with Crippen molar-refractivity contribution < 1.29 is 8.42 Å². The van der Waals surface area contributed by atoms with Crippen molar-refractivity contribution in [2.45, 2.75) is 39.7 Å². The predicted octanol–water partition coefficient (Wildman–Crippen LogP) is 1.51. The standard InChI is InChI=1S/C13H25N3O2S/c1-6-14-12(8-7-9-19(5,17)18)13-10(2)15-16(4)11(13)3/h12,14H,6-9H2,1-5H3. The van der Waals surface area contributed by atoms with Gasteiger partial charge in [0.25, 0.3) is 0 Å². The summed E-state index contributed by atoms with van der Waals surface area (Å²) in [6.45, 7) is 6.97. The molecule has 0 saturated carbocycles. The molecule has 0 aliphatic heterocycles. The first-order valence-electron chi connectivity index (χ1n) is 6.67. The summed E-state index contributed by atoms with van der Waals surface area (Å²) in [4.78, 5) is 0. The predicted molar refractivity (Wildman–Crippen MR) is 78.0 cm³/mol. The Labute approximate surface area is 116 Å². The van der Waals surface area contributed by atoms with E-state index in [0.717, 1.165) is 24.4 Å². The average Bonchev–Trinajstić information content (AvgIpc) is 2.50. The molecule has 0 bridgehead atoms. The van der Waals surface area contributed by atoms with E-state index in [9.17, 15) is 8.42 Å². The average molecular weight is 287 g/mol. The first kappa shape index (κ1) is 16.2. The summed E-state index contributed by atoms with van der Waals surface area (Å²) < 4.78 is 24.3. The fourth-order valence-corrected chi connectivity index (χ4v) is 3.13. The van der Waals surface area contributed by atoms with Crippen LogP contribution in [0.25, 0.3) is 0 Å². The van der Waals surface area contributed by atoms with E-state index >= 15 is 0 Å². The van der Waals surface area contributed by atoms with Crippen molar-refractivity contribution in [3.8, 4) is 0 Å². The summed E-state index contributed by atoms with van der Waals surface area (Å²) in [6, 6.07) is 0.181. The van der Waals surface area contributed by atoms with E-state index in [2.05, 4.69) is 24.3 Å². The van der Waals surface area contributed by atoms with Crippen LogP contribution in [0.1, 0.15) is 42.8 Å². The molecule has 0 spiro atoms. The molecular weight excluding hydrogens is 262 g/mol. The third kappa shape index (κ3) is 4.62. The number of aromatic nitrogens is 2. The van der Waals surface area contributed by atoms with E-state index in [1.807, 2.05) is 18.7 Å². The van der Waals surface area contributed by atoms with Crippen LogP contribution in [0.2, 0.25) is 0 Å². The highest BCUT2D eigenvalue weighted by atomic mass is 32.2. The second kappa shape index (κ2) is 6.52. The fraction of sp³-hybridized carbons (Fsp3) is 0.769. The van der Waals surface area contributed by atoms with Gasteiger partial charge in [0.05, 0.1) is 5.69 Å². The van der Waals surface area contributed by atoms with Gasteiger partial charge in [0.15, 0.2) is 0 Å². The molecule has 6 heteroatoms. The van der Waals surface area contributed by atoms with Gasteiger partial charge in [-0.1, -0.05) is 6.92 Å². The lowest BCUT2D eigenvalue weighted by molar-refractivity contribution is 0.502. The van der Waals surface area contributed by atoms with Gasteiger partial charge in [0, 0.05) is 36.4 Å². The molecule has 0 radical (unpaired) electrons. The quantitative estimate of drug-likeness (QED) is 0.825. The van der Waals surface area contributed by atoms with Gasteiger partial charge >= 0.3 is 0 Å². The summed E-state index contributed by atoms with van der Waals surface area (Å²) in [5.74, 6) is 0.243. The van der Waals surface area contributed by atoms with Crippen LogP contribution >= 0.6 is 0 Å². The van der Waals surface area contributed by atoms with E-state index in [0.29, 0.717) is 6.42 Å². The monoisotopic (exact) mass is 287 g/mol.